The van der Waals surface area contributed by atoms with Crippen LogP contribution in [-0.4, -0.2) is 37.2 Å². The first-order valence-corrected chi connectivity index (χ1v) is 34.6. The van der Waals surface area contributed by atoms with E-state index in [1.54, 1.807) is 0 Å². The zero-order valence-corrected chi connectivity index (χ0v) is 53.1. The standard InChI is InChI=1S/C74H130O6/c1-4-7-10-13-16-19-22-25-27-29-31-33-35-37-39-40-42-44-46-49-52-55-58-61-64-67-73(76)79-70-71(69-78-72(75)66-63-60-57-54-51-48-24-21-18-15-12-9-6-3)80-74(77)68-65-62-59-56-53-50-47-45-43-41-38-36-34-32-30-28-26-23-20-17-14-11-8-5-2/h7,9-10,12,16,18-19,21,25,27,31,33,48,51,71H,4-6,8,11,13-15,17,20,22-24,26,28-30,32,34-47,49-50,52-70H2,1-3H3/b10-7-,12-9-,19-16-,21-18-,27-25-,33-31-,51-48-. The van der Waals surface area contributed by atoms with E-state index >= 15 is 0 Å². The molecule has 1 atom stereocenters. The van der Waals surface area contributed by atoms with E-state index in [0.29, 0.717) is 19.3 Å². The highest BCUT2D eigenvalue weighted by Crippen LogP contribution is 2.18. The Kier molecular flexibility index (Phi) is 65.2. The van der Waals surface area contributed by atoms with E-state index in [9.17, 15) is 14.4 Å². The Labute approximate surface area is 496 Å². The first kappa shape index (κ1) is 76.6. The van der Waals surface area contributed by atoms with Crippen LogP contribution in [0.3, 0.4) is 0 Å². The molecule has 0 N–H and O–H groups in total. The second kappa shape index (κ2) is 68.1. The van der Waals surface area contributed by atoms with Gasteiger partial charge in [0.15, 0.2) is 6.10 Å². The minimum atomic E-state index is -0.789. The van der Waals surface area contributed by atoms with Gasteiger partial charge >= 0.3 is 17.9 Å². The Hall–Kier alpha value is -3.41. The molecular formula is C74H130O6. The summed E-state index contributed by atoms with van der Waals surface area (Å²) in [6.45, 7) is 6.44. The molecule has 0 saturated heterocycles. The van der Waals surface area contributed by atoms with Gasteiger partial charge < -0.3 is 14.2 Å². The fourth-order valence-corrected chi connectivity index (χ4v) is 10.0. The van der Waals surface area contributed by atoms with E-state index in [-0.39, 0.29) is 31.1 Å². The van der Waals surface area contributed by atoms with E-state index in [0.717, 1.165) is 109 Å². The monoisotopic (exact) mass is 1110 g/mol. The lowest BCUT2D eigenvalue weighted by atomic mass is 10.0. The van der Waals surface area contributed by atoms with Gasteiger partial charge in [0.05, 0.1) is 0 Å². The number of hydrogen-bond donors (Lipinski definition) is 0. The fourth-order valence-electron chi connectivity index (χ4n) is 10.0. The number of allylic oxidation sites excluding steroid dienone is 14. The summed E-state index contributed by atoms with van der Waals surface area (Å²) >= 11 is 0. The number of carbonyl (C=O) groups is 3. The third kappa shape index (κ3) is 65.4. The maximum absolute atomic E-state index is 12.9. The van der Waals surface area contributed by atoms with Crippen molar-refractivity contribution in [1.82, 2.24) is 0 Å². The van der Waals surface area contributed by atoms with Gasteiger partial charge in [-0.1, -0.05) is 324 Å². The highest BCUT2D eigenvalue weighted by molar-refractivity contribution is 5.71. The molecule has 0 radical (unpaired) electrons. The maximum atomic E-state index is 12.9. The van der Waals surface area contributed by atoms with Crippen LogP contribution in [0.5, 0.6) is 0 Å². The van der Waals surface area contributed by atoms with Crippen molar-refractivity contribution in [3.8, 4) is 0 Å². The van der Waals surface area contributed by atoms with Gasteiger partial charge in [0.2, 0.25) is 0 Å². The zero-order chi connectivity index (χ0) is 57.8. The summed E-state index contributed by atoms with van der Waals surface area (Å²) in [4.78, 5) is 38.4. The minimum Gasteiger partial charge on any atom is -0.462 e. The molecule has 80 heavy (non-hydrogen) atoms. The summed E-state index contributed by atoms with van der Waals surface area (Å²) in [5.41, 5.74) is 0. The number of esters is 3. The van der Waals surface area contributed by atoms with Crippen molar-refractivity contribution >= 4 is 17.9 Å². The molecule has 0 heterocycles. The van der Waals surface area contributed by atoms with Gasteiger partial charge in [0, 0.05) is 19.3 Å². The van der Waals surface area contributed by atoms with Crippen LogP contribution in [0.25, 0.3) is 0 Å². The lowest BCUT2D eigenvalue weighted by molar-refractivity contribution is -0.167. The van der Waals surface area contributed by atoms with Gasteiger partial charge in [-0.15, -0.1) is 0 Å². The van der Waals surface area contributed by atoms with Crippen LogP contribution in [0.1, 0.15) is 348 Å². The Morgan fingerprint density at radius 1 is 0.263 bits per heavy atom. The summed E-state index contributed by atoms with van der Waals surface area (Å²) in [6, 6.07) is 0. The number of hydrogen-bond acceptors (Lipinski definition) is 6. The average molecular weight is 1120 g/mol. The second-order valence-electron chi connectivity index (χ2n) is 23.0. The van der Waals surface area contributed by atoms with E-state index < -0.39 is 6.10 Å². The molecule has 0 aromatic rings. The van der Waals surface area contributed by atoms with Gasteiger partial charge in [0.1, 0.15) is 13.2 Å². The predicted octanol–water partition coefficient (Wildman–Crippen LogP) is 23.8. The molecular weight excluding hydrogens is 985 g/mol. The lowest BCUT2D eigenvalue weighted by Gasteiger charge is -2.18. The van der Waals surface area contributed by atoms with Crippen LogP contribution in [0.4, 0.5) is 0 Å². The predicted molar refractivity (Wildman–Crippen MR) is 348 cm³/mol. The molecule has 6 nitrogen and oxygen atoms in total. The first-order valence-electron chi connectivity index (χ1n) is 34.6. The van der Waals surface area contributed by atoms with Crippen molar-refractivity contribution in [3.05, 3.63) is 85.1 Å². The maximum Gasteiger partial charge on any atom is 0.306 e. The molecule has 462 valence electrons. The van der Waals surface area contributed by atoms with Crippen molar-refractivity contribution in [2.24, 2.45) is 0 Å². The summed E-state index contributed by atoms with van der Waals surface area (Å²) in [5.74, 6) is -0.897. The Balaban J connectivity index is 4.27. The van der Waals surface area contributed by atoms with Crippen molar-refractivity contribution in [3.63, 3.8) is 0 Å². The number of ether oxygens (including phenoxy) is 3. The summed E-state index contributed by atoms with van der Waals surface area (Å²) in [7, 11) is 0. The van der Waals surface area contributed by atoms with Gasteiger partial charge in [-0.3, -0.25) is 14.4 Å². The van der Waals surface area contributed by atoms with Gasteiger partial charge in [-0.2, -0.15) is 0 Å². The second-order valence-corrected chi connectivity index (χ2v) is 23.0. The third-order valence-electron chi connectivity index (χ3n) is 15.1. The summed E-state index contributed by atoms with van der Waals surface area (Å²) < 4.78 is 16.9. The van der Waals surface area contributed by atoms with Crippen LogP contribution in [-0.2, 0) is 28.6 Å². The summed E-state index contributed by atoms with van der Waals surface area (Å²) in [6.07, 6.45) is 90.5. The van der Waals surface area contributed by atoms with Crippen LogP contribution in [0.2, 0.25) is 0 Å². The van der Waals surface area contributed by atoms with Crippen LogP contribution in [0, 0.1) is 0 Å². The first-order chi connectivity index (χ1) is 39.5. The van der Waals surface area contributed by atoms with Crippen LogP contribution in [0.15, 0.2) is 85.1 Å². The molecule has 0 saturated carbocycles. The smallest absolute Gasteiger partial charge is 0.306 e. The van der Waals surface area contributed by atoms with E-state index in [4.69, 9.17) is 14.2 Å². The van der Waals surface area contributed by atoms with Crippen molar-refractivity contribution in [1.29, 1.82) is 0 Å². The molecule has 0 aliphatic heterocycles. The molecule has 0 amide bonds. The highest BCUT2D eigenvalue weighted by Gasteiger charge is 2.19. The molecule has 0 spiro atoms. The number of rotatable bonds is 63. The van der Waals surface area contributed by atoms with Gasteiger partial charge in [-0.05, 0) is 89.9 Å². The average Bonchev–Trinajstić information content (AvgIpc) is 3.46. The molecule has 0 aliphatic rings. The molecule has 0 fully saturated rings. The molecule has 1 unspecified atom stereocenters. The fraction of sp³-hybridized carbons (Fsp3) is 0.770. The van der Waals surface area contributed by atoms with Gasteiger partial charge in [0.25, 0.3) is 0 Å². The van der Waals surface area contributed by atoms with Crippen molar-refractivity contribution < 1.29 is 28.6 Å². The topological polar surface area (TPSA) is 78.9 Å². The third-order valence-corrected chi connectivity index (χ3v) is 15.1. The summed E-state index contributed by atoms with van der Waals surface area (Å²) in [5, 5.41) is 0. The SMILES string of the molecule is CC/C=C\C/C=C\C/C=C\C/C=C\CCCCCCCCCCCCCCC(=O)OCC(COC(=O)CCCCC/C=C\C/C=C\C/C=C\CC)OC(=O)CCCCCCCCCCCCCCCCCCCCCCCCCC. The van der Waals surface area contributed by atoms with Gasteiger partial charge in [-0.25, -0.2) is 0 Å². The molecule has 0 rings (SSSR count). The largest absolute Gasteiger partial charge is 0.462 e. The van der Waals surface area contributed by atoms with Crippen LogP contribution >= 0.6 is 0 Å². The molecule has 0 aromatic heterocycles. The van der Waals surface area contributed by atoms with E-state index in [1.165, 1.54) is 199 Å². The normalized spacial score (nSPS) is 12.6. The molecule has 6 heteroatoms. The van der Waals surface area contributed by atoms with Crippen LogP contribution < -0.4 is 0 Å². The lowest BCUT2D eigenvalue weighted by Crippen LogP contribution is -2.30. The highest BCUT2D eigenvalue weighted by atomic mass is 16.6. The quantitative estimate of drug-likeness (QED) is 0.0261. The molecule has 0 aliphatic carbocycles. The Morgan fingerprint density at radius 2 is 0.487 bits per heavy atom. The minimum absolute atomic E-state index is 0.0838. The Bertz CT molecular complexity index is 1520. The van der Waals surface area contributed by atoms with E-state index in [2.05, 4.69) is 106 Å². The zero-order valence-electron chi connectivity index (χ0n) is 53.1. The molecule has 0 bridgehead atoms. The molecule has 0 aromatic carbocycles. The van der Waals surface area contributed by atoms with E-state index in [1.807, 2.05) is 0 Å². The number of unbranched alkanes of at least 4 members (excludes halogenated alkanes) is 38. The van der Waals surface area contributed by atoms with Crippen molar-refractivity contribution in [2.45, 2.75) is 354 Å². The Morgan fingerprint density at radius 3 is 0.775 bits per heavy atom. The number of carbonyl (C=O) groups excluding carboxylic acids is 3. The van der Waals surface area contributed by atoms with Crippen molar-refractivity contribution in [2.75, 3.05) is 13.2 Å².